The van der Waals surface area contributed by atoms with E-state index in [0.29, 0.717) is 11.3 Å². The first-order chi connectivity index (χ1) is 12.8. The summed E-state index contributed by atoms with van der Waals surface area (Å²) in [4.78, 5) is 8.85. The number of furan rings is 1. The smallest absolute Gasteiger partial charge is 0.223 e. The molecule has 0 amide bonds. The zero-order valence-corrected chi connectivity index (χ0v) is 14.4. The Morgan fingerprint density at radius 2 is 1.38 bits per heavy atom. The Kier molecular flexibility index (Phi) is 3.47. The zero-order chi connectivity index (χ0) is 17.5. The van der Waals surface area contributed by atoms with Crippen molar-refractivity contribution in [3.05, 3.63) is 84.1 Å². The highest BCUT2D eigenvalue weighted by atomic mass is 35.5. The van der Waals surface area contributed by atoms with Crippen LogP contribution in [0.1, 0.15) is 0 Å². The van der Waals surface area contributed by atoms with Crippen LogP contribution in [0.25, 0.3) is 44.5 Å². The quantitative estimate of drug-likeness (QED) is 0.345. The van der Waals surface area contributed by atoms with Gasteiger partial charge in [0.05, 0.1) is 0 Å². The molecule has 0 atom stereocenters. The van der Waals surface area contributed by atoms with E-state index in [1.165, 1.54) is 0 Å². The molecule has 26 heavy (non-hydrogen) atoms. The molecule has 0 fully saturated rings. The van der Waals surface area contributed by atoms with Gasteiger partial charge in [0.1, 0.15) is 16.8 Å². The number of hydrogen-bond donors (Lipinski definition) is 0. The van der Waals surface area contributed by atoms with Crippen LogP contribution in [-0.4, -0.2) is 9.97 Å². The third kappa shape index (κ3) is 2.45. The zero-order valence-electron chi connectivity index (χ0n) is 13.7. The molecule has 3 aromatic carbocycles. The molecular formula is C22H13ClN2O. The largest absolute Gasteiger partial charge is 0.452 e. The van der Waals surface area contributed by atoms with Crippen molar-refractivity contribution in [1.82, 2.24) is 9.97 Å². The highest BCUT2D eigenvalue weighted by molar-refractivity contribution is 6.29. The first-order valence-electron chi connectivity index (χ1n) is 8.30. The molecule has 0 N–H and O–H groups in total. The summed E-state index contributed by atoms with van der Waals surface area (Å²) >= 11 is 6.22. The molecule has 0 aliphatic carbocycles. The van der Waals surface area contributed by atoms with Crippen LogP contribution in [0.2, 0.25) is 5.28 Å². The van der Waals surface area contributed by atoms with Crippen LogP contribution in [-0.2, 0) is 0 Å². The van der Waals surface area contributed by atoms with Gasteiger partial charge in [-0.25, -0.2) is 9.97 Å². The van der Waals surface area contributed by atoms with Crippen molar-refractivity contribution in [2.75, 3.05) is 0 Å². The third-order valence-electron chi connectivity index (χ3n) is 4.44. The van der Waals surface area contributed by atoms with E-state index < -0.39 is 0 Å². The maximum Gasteiger partial charge on any atom is 0.223 e. The molecular weight excluding hydrogens is 344 g/mol. The van der Waals surface area contributed by atoms with Crippen LogP contribution in [0.4, 0.5) is 0 Å². The Morgan fingerprint density at radius 3 is 2.12 bits per heavy atom. The van der Waals surface area contributed by atoms with E-state index in [1.807, 2.05) is 54.6 Å². The molecule has 5 rings (SSSR count). The fourth-order valence-corrected chi connectivity index (χ4v) is 3.39. The fraction of sp³-hybridized carbons (Fsp3) is 0. The molecule has 0 spiro atoms. The molecule has 3 nitrogen and oxygen atoms in total. The molecule has 0 saturated heterocycles. The standard InChI is InChI=1S/C22H13ClN2O/c23-22-24-19(15-9-5-2-6-10-15)21-20(25-22)17-13-16(11-12-18(17)26-21)14-7-3-1-4-8-14/h1-13H. The van der Waals surface area contributed by atoms with Gasteiger partial charge in [-0.05, 0) is 34.9 Å². The van der Waals surface area contributed by atoms with Crippen molar-refractivity contribution >= 4 is 33.7 Å². The van der Waals surface area contributed by atoms with Crippen LogP contribution in [0.15, 0.2) is 83.3 Å². The van der Waals surface area contributed by atoms with Gasteiger partial charge >= 0.3 is 0 Å². The topological polar surface area (TPSA) is 38.9 Å². The highest BCUT2D eigenvalue weighted by Gasteiger charge is 2.17. The molecule has 0 saturated carbocycles. The molecule has 124 valence electrons. The van der Waals surface area contributed by atoms with Crippen LogP contribution >= 0.6 is 11.6 Å². The van der Waals surface area contributed by atoms with E-state index in [4.69, 9.17) is 16.0 Å². The van der Waals surface area contributed by atoms with Gasteiger partial charge in [0.2, 0.25) is 5.28 Å². The Balaban J connectivity index is 1.81. The number of nitrogens with zero attached hydrogens (tertiary/aromatic N) is 2. The molecule has 2 heterocycles. The lowest BCUT2D eigenvalue weighted by Gasteiger charge is -2.02. The molecule has 4 heteroatoms. The van der Waals surface area contributed by atoms with E-state index in [0.717, 1.165) is 33.2 Å². The van der Waals surface area contributed by atoms with E-state index in [9.17, 15) is 0 Å². The van der Waals surface area contributed by atoms with Gasteiger partial charge in [0.25, 0.3) is 0 Å². The maximum absolute atomic E-state index is 6.22. The lowest BCUT2D eigenvalue weighted by molar-refractivity contribution is 0.667. The Bertz CT molecular complexity index is 1230. The normalized spacial score (nSPS) is 11.3. The van der Waals surface area contributed by atoms with Crippen LogP contribution < -0.4 is 0 Å². The van der Waals surface area contributed by atoms with Crippen molar-refractivity contribution in [2.24, 2.45) is 0 Å². The van der Waals surface area contributed by atoms with Crippen molar-refractivity contribution in [1.29, 1.82) is 0 Å². The molecule has 0 unspecified atom stereocenters. The number of halogens is 1. The minimum atomic E-state index is 0.212. The summed E-state index contributed by atoms with van der Waals surface area (Å²) < 4.78 is 6.10. The Labute approximate surface area is 154 Å². The summed E-state index contributed by atoms with van der Waals surface area (Å²) in [7, 11) is 0. The lowest BCUT2D eigenvalue weighted by Crippen LogP contribution is -1.89. The van der Waals surface area contributed by atoms with Gasteiger partial charge < -0.3 is 4.42 Å². The van der Waals surface area contributed by atoms with Crippen molar-refractivity contribution in [2.45, 2.75) is 0 Å². The van der Waals surface area contributed by atoms with Crippen molar-refractivity contribution in [3.8, 4) is 22.4 Å². The van der Waals surface area contributed by atoms with Crippen LogP contribution in [0, 0.1) is 0 Å². The molecule has 2 aromatic heterocycles. The molecule has 0 aliphatic rings. The van der Waals surface area contributed by atoms with E-state index in [1.54, 1.807) is 0 Å². The summed E-state index contributed by atoms with van der Waals surface area (Å²) in [5, 5.41) is 1.15. The molecule has 5 aromatic rings. The monoisotopic (exact) mass is 356 g/mol. The number of benzene rings is 3. The average Bonchev–Trinajstić information content (AvgIpc) is 3.06. The predicted molar refractivity (Wildman–Crippen MR) is 105 cm³/mol. The lowest BCUT2D eigenvalue weighted by atomic mass is 10.0. The second kappa shape index (κ2) is 5.97. The first-order valence-corrected chi connectivity index (χ1v) is 8.68. The minimum absolute atomic E-state index is 0.212. The summed E-state index contributed by atoms with van der Waals surface area (Å²) in [6, 6.07) is 26.2. The minimum Gasteiger partial charge on any atom is -0.452 e. The molecule has 0 radical (unpaired) electrons. The molecule has 0 aliphatic heterocycles. The van der Waals surface area contributed by atoms with Gasteiger partial charge in [-0.3, -0.25) is 0 Å². The van der Waals surface area contributed by atoms with Crippen LogP contribution in [0.5, 0.6) is 0 Å². The van der Waals surface area contributed by atoms with E-state index in [2.05, 4.69) is 34.2 Å². The number of fused-ring (bicyclic) bond motifs is 3. The summed E-state index contributed by atoms with van der Waals surface area (Å²) in [6.45, 7) is 0. The second-order valence-electron chi connectivity index (χ2n) is 6.06. The average molecular weight is 357 g/mol. The van der Waals surface area contributed by atoms with Gasteiger partial charge in [0.15, 0.2) is 5.58 Å². The highest BCUT2D eigenvalue weighted by Crippen LogP contribution is 2.36. The van der Waals surface area contributed by atoms with Crippen molar-refractivity contribution < 1.29 is 4.42 Å². The third-order valence-corrected chi connectivity index (χ3v) is 4.61. The first kappa shape index (κ1) is 15.1. The van der Waals surface area contributed by atoms with E-state index in [-0.39, 0.29) is 5.28 Å². The fourth-order valence-electron chi connectivity index (χ4n) is 3.22. The predicted octanol–water partition coefficient (Wildman–Crippen LogP) is 6.36. The van der Waals surface area contributed by atoms with Gasteiger partial charge in [-0.15, -0.1) is 0 Å². The molecule has 0 bridgehead atoms. The summed E-state index contributed by atoms with van der Waals surface area (Å²) in [5.74, 6) is 0. The Hall–Kier alpha value is -3.17. The number of hydrogen-bond acceptors (Lipinski definition) is 3. The SMILES string of the molecule is Clc1nc(-c2ccccc2)c2oc3ccc(-c4ccccc4)cc3c2n1. The van der Waals surface area contributed by atoms with Crippen molar-refractivity contribution in [3.63, 3.8) is 0 Å². The van der Waals surface area contributed by atoms with Gasteiger partial charge in [0, 0.05) is 10.9 Å². The summed E-state index contributed by atoms with van der Waals surface area (Å²) in [6.07, 6.45) is 0. The van der Waals surface area contributed by atoms with Crippen LogP contribution in [0.3, 0.4) is 0 Å². The second-order valence-corrected chi connectivity index (χ2v) is 6.40. The van der Waals surface area contributed by atoms with Gasteiger partial charge in [-0.1, -0.05) is 66.7 Å². The van der Waals surface area contributed by atoms with E-state index >= 15 is 0 Å². The number of aromatic nitrogens is 2. The van der Waals surface area contributed by atoms with Gasteiger partial charge in [-0.2, -0.15) is 0 Å². The number of rotatable bonds is 2. The Morgan fingerprint density at radius 1 is 0.692 bits per heavy atom. The summed E-state index contributed by atoms with van der Waals surface area (Å²) in [5.41, 5.74) is 6.07. The maximum atomic E-state index is 6.22.